The van der Waals surface area contributed by atoms with E-state index >= 15 is 0 Å². The molecule has 0 saturated carbocycles. The summed E-state index contributed by atoms with van der Waals surface area (Å²) in [6, 6.07) is 12.9. The molecule has 2 rings (SSSR count). The lowest BCUT2D eigenvalue weighted by atomic mass is 10.0. The number of hydrogen-bond acceptors (Lipinski definition) is 3. The molecule has 0 radical (unpaired) electrons. The maximum atomic E-state index is 13.1. The zero-order chi connectivity index (χ0) is 17.5. The molecular weight excluding hydrogens is 309 g/mol. The average Bonchev–Trinajstić information content (AvgIpc) is 2.58. The normalized spacial score (nSPS) is 11.6. The summed E-state index contributed by atoms with van der Waals surface area (Å²) in [6.07, 6.45) is 0.715. The lowest BCUT2D eigenvalue weighted by Crippen LogP contribution is -2.32. The highest BCUT2D eigenvalue weighted by molar-refractivity contribution is 5.91. The number of benzene rings is 2. The first-order chi connectivity index (χ1) is 11.5. The molecule has 1 amide bonds. The summed E-state index contributed by atoms with van der Waals surface area (Å²) in [5.74, 6) is -1.65. The minimum Gasteiger partial charge on any atom is -0.452 e. The van der Waals surface area contributed by atoms with E-state index in [0.29, 0.717) is 6.42 Å². The Hall–Kier alpha value is -2.69. The number of rotatable bonds is 6. The molecule has 0 aliphatic carbocycles. The molecule has 126 valence electrons. The lowest BCUT2D eigenvalue weighted by Gasteiger charge is -2.17. The predicted octanol–water partition coefficient (Wildman–Crippen LogP) is 3.56. The van der Waals surface area contributed by atoms with Crippen LogP contribution in [0.2, 0.25) is 0 Å². The number of amides is 1. The maximum Gasteiger partial charge on any atom is 0.338 e. The van der Waals surface area contributed by atoms with Crippen LogP contribution in [-0.4, -0.2) is 18.5 Å². The molecule has 2 aromatic carbocycles. The van der Waals surface area contributed by atoms with Crippen LogP contribution in [0.25, 0.3) is 0 Å². The van der Waals surface area contributed by atoms with Gasteiger partial charge in [0.25, 0.3) is 5.91 Å². The molecule has 1 N–H and O–H groups in total. The summed E-state index contributed by atoms with van der Waals surface area (Å²) >= 11 is 0. The van der Waals surface area contributed by atoms with Gasteiger partial charge < -0.3 is 10.1 Å². The molecule has 0 spiro atoms. The Labute approximate surface area is 140 Å². The van der Waals surface area contributed by atoms with Gasteiger partial charge in [-0.25, -0.2) is 9.18 Å². The van der Waals surface area contributed by atoms with E-state index in [-0.39, 0.29) is 11.6 Å². The van der Waals surface area contributed by atoms with Gasteiger partial charge in [0.15, 0.2) is 6.61 Å². The quantitative estimate of drug-likeness (QED) is 0.825. The summed E-state index contributed by atoms with van der Waals surface area (Å²) in [7, 11) is 0. The van der Waals surface area contributed by atoms with Gasteiger partial charge in [0.1, 0.15) is 5.82 Å². The van der Waals surface area contributed by atoms with E-state index in [1.54, 1.807) is 0 Å². The van der Waals surface area contributed by atoms with Gasteiger partial charge in [-0.2, -0.15) is 0 Å². The van der Waals surface area contributed by atoms with Gasteiger partial charge in [-0.05, 0) is 37.1 Å². The Morgan fingerprint density at radius 1 is 1.17 bits per heavy atom. The number of hydrogen-bond donors (Lipinski definition) is 1. The van der Waals surface area contributed by atoms with Crippen molar-refractivity contribution in [1.82, 2.24) is 5.32 Å². The highest BCUT2D eigenvalue weighted by atomic mass is 19.1. The molecule has 5 heteroatoms. The van der Waals surface area contributed by atoms with E-state index < -0.39 is 24.3 Å². The van der Waals surface area contributed by atoms with E-state index in [9.17, 15) is 14.0 Å². The number of ether oxygens (including phenoxy) is 1. The lowest BCUT2D eigenvalue weighted by molar-refractivity contribution is -0.125. The van der Waals surface area contributed by atoms with Gasteiger partial charge in [0.05, 0.1) is 11.6 Å². The number of nitrogens with one attached hydrogen (secondary N) is 1. The molecule has 2 aromatic rings. The van der Waals surface area contributed by atoms with Crippen molar-refractivity contribution in [2.75, 3.05) is 6.61 Å². The summed E-state index contributed by atoms with van der Waals surface area (Å²) in [6.45, 7) is 3.55. The Balaban J connectivity index is 1.89. The van der Waals surface area contributed by atoms with Crippen LogP contribution in [0.4, 0.5) is 4.39 Å². The summed E-state index contributed by atoms with van der Waals surface area (Å²) in [5, 5.41) is 2.83. The fourth-order valence-corrected chi connectivity index (χ4v) is 2.29. The van der Waals surface area contributed by atoms with Crippen molar-refractivity contribution in [1.29, 1.82) is 0 Å². The Morgan fingerprint density at radius 2 is 1.88 bits per heavy atom. The molecule has 0 fully saturated rings. The second kappa shape index (κ2) is 8.24. The van der Waals surface area contributed by atoms with Crippen LogP contribution in [0.1, 0.15) is 40.9 Å². The fourth-order valence-electron chi connectivity index (χ4n) is 2.29. The highest BCUT2D eigenvalue weighted by Crippen LogP contribution is 2.17. The summed E-state index contributed by atoms with van der Waals surface area (Å²) in [5.41, 5.74) is 2.21. The van der Waals surface area contributed by atoms with Crippen LogP contribution in [-0.2, 0) is 9.53 Å². The predicted molar refractivity (Wildman–Crippen MR) is 89.0 cm³/mol. The molecule has 0 aromatic heterocycles. The van der Waals surface area contributed by atoms with E-state index in [2.05, 4.69) is 5.32 Å². The minimum absolute atomic E-state index is 0.0772. The zero-order valence-corrected chi connectivity index (χ0v) is 13.7. The first kappa shape index (κ1) is 17.7. The topological polar surface area (TPSA) is 55.4 Å². The van der Waals surface area contributed by atoms with Crippen molar-refractivity contribution in [3.63, 3.8) is 0 Å². The van der Waals surface area contributed by atoms with Crippen LogP contribution in [0.3, 0.4) is 0 Å². The summed E-state index contributed by atoms with van der Waals surface area (Å²) < 4.78 is 18.0. The van der Waals surface area contributed by atoms with Gasteiger partial charge in [-0.3, -0.25) is 4.79 Å². The Kier molecular flexibility index (Phi) is 6.07. The second-order valence-electron chi connectivity index (χ2n) is 5.53. The fraction of sp³-hybridized carbons (Fsp3) is 0.263. The van der Waals surface area contributed by atoms with Gasteiger partial charge in [-0.1, -0.05) is 42.8 Å². The van der Waals surface area contributed by atoms with Crippen molar-refractivity contribution < 1.29 is 18.7 Å². The van der Waals surface area contributed by atoms with E-state index in [0.717, 1.165) is 17.2 Å². The first-order valence-electron chi connectivity index (χ1n) is 7.78. The standard InChI is InChI=1S/C19H20FNO3/c1-3-17(14-9-7-13(2)8-10-14)21-18(22)12-24-19(23)15-5-4-6-16(20)11-15/h4-11,17H,3,12H2,1-2H3,(H,21,22)/t17-/m1/s1. The largest absolute Gasteiger partial charge is 0.452 e. The number of carbonyl (C=O) groups is 2. The van der Waals surface area contributed by atoms with E-state index in [1.165, 1.54) is 18.2 Å². The molecule has 24 heavy (non-hydrogen) atoms. The molecule has 1 atom stereocenters. The highest BCUT2D eigenvalue weighted by Gasteiger charge is 2.15. The average molecular weight is 329 g/mol. The van der Waals surface area contributed by atoms with Crippen LogP contribution >= 0.6 is 0 Å². The number of halogens is 1. The molecule has 0 aliphatic rings. The first-order valence-corrected chi connectivity index (χ1v) is 7.78. The molecule has 0 aliphatic heterocycles. The van der Waals surface area contributed by atoms with Gasteiger partial charge in [0.2, 0.25) is 0 Å². The van der Waals surface area contributed by atoms with Gasteiger partial charge in [-0.15, -0.1) is 0 Å². The minimum atomic E-state index is -0.729. The van der Waals surface area contributed by atoms with Gasteiger partial charge >= 0.3 is 5.97 Å². The molecule has 0 bridgehead atoms. The monoisotopic (exact) mass is 329 g/mol. The Bertz CT molecular complexity index is 713. The van der Waals surface area contributed by atoms with Crippen molar-refractivity contribution in [2.24, 2.45) is 0 Å². The van der Waals surface area contributed by atoms with Crippen LogP contribution in [0, 0.1) is 12.7 Å². The Morgan fingerprint density at radius 3 is 2.50 bits per heavy atom. The van der Waals surface area contributed by atoms with Crippen molar-refractivity contribution in [2.45, 2.75) is 26.3 Å². The molecule has 4 nitrogen and oxygen atoms in total. The second-order valence-corrected chi connectivity index (χ2v) is 5.53. The van der Waals surface area contributed by atoms with Crippen LogP contribution < -0.4 is 5.32 Å². The molecule has 0 heterocycles. The van der Waals surface area contributed by atoms with Gasteiger partial charge in [0, 0.05) is 0 Å². The van der Waals surface area contributed by atoms with Crippen LogP contribution in [0.5, 0.6) is 0 Å². The van der Waals surface area contributed by atoms with Crippen LogP contribution in [0.15, 0.2) is 48.5 Å². The SMILES string of the molecule is CC[C@@H](NC(=O)COC(=O)c1cccc(F)c1)c1ccc(C)cc1. The molecule has 0 saturated heterocycles. The van der Waals surface area contributed by atoms with E-state index in [4.69, 9.17) is 4.74 Å². The molecular formula is C19H20FNO3. The maximum absolute atomic E-state index is 13.1. The number of carbonyl (C=O) groups excluding carboxylic acids is 2. The van der Waals surface area contributed by atoms with Crippen molar-refractivity contribution >= 4 is 11.9 Å². The zero-order valence-electron chi connectivity index (χ0n) is 13.7. The van der Waals surface area contributed by atoms with E-state index in [1.807, 2.05) is 38.1 Å². The third-order valence-corrected chi connectivity index (χ3v) is 3.62. The third-order valence-electron chi connectivity index (χ3n) is 3.62. The number of esters is 1. The molecule has 0 unspecified atom stereocenters. The smallest absolute Gasteiger partial charge is 0.338 e. The van der Waals surface area contributed by atoms with Crippen molar-refractivity contribution in [3.05, 3.63) is 71.0 Å². The number of aryl methyl sites for hydroxylation is 1. The van der Waals surface area contributed by atoms with Crippen molar-refractivity contribution in [3.8, 4) is 0 Å². The third kappa shape index (κ3) is 4.91. The summed E-state index contributed by atoms with van der Waals surface area (Å²) in [4.78, 5) is 23.8.